The molecule has 98 valence electrons. The molecule has 0 N–H and O–H groups in total. The molecule has 1 unspecified atom stereocenters. The fourth-order valence-electron chi connectivity index (χ4n) is 1.44. The standard InChI is InChI=1S/C12H20O5/c1-2-11(13)15-9-7-14-8-10-17-12-5-3-4-6-16-12/h2,12H,1,3-10H2. The van der Waals surface area contributed by atoms with Crippen molar-refractivity contribution in [2.75, 3.05) is 33.0 Å². The van der Waals surface area contributed by atoms with Crippen LogP contribution in [0.5, 0.6) is 0 Å². The van der Waals surface area contributed by atoms with Crippen molar-refractivity contribution in [3.8, 4) is 0 Å². The van der Waals surface area contributed by atoms with Crippen molar-refractivity contribution in [1.29, 1.82) is 0 Å². The first-order valence-corrected chi connectivity index (χ1v) is 5.93. The lowest BCUT2D eigenvalue weighted by atomic mass is 10.2. The number of carbonyl (C=O) groups excluding carboxylic acids is 1. The van der Waals surface area contributed by atoms with Crippen LogP contribution in [0.1, 0.15) is 19.3 Å². The van der Waals surface area contributed by atoms with E-state index in [1.807, 2.05) is 0 Å². The largest absolute Gasteiger partial charge is 0.460 e. The second kappa shape index (κ2) is 9.15. The quantitative estimate of drug-likeness (QED) is 0.366. The van der Waals surface area contributed by atoms with Crippen molar-refractivity contribution in [1.82, 2.24) is 0 Å². The lowest BCUT2D eigenvalue weighted by Gasteiger charge is -2.22. The van der Waals surface area contributed by atoms with Gasteiger partial charge in [0, 0.05) is 12.7 Å². The third-order valence-corrected chi connectivity index (χ3v) is 2.31. The van der Waals surface area contributed by atoms with Crippen molar-refractivity contribution in [2.45, 2.75) is 25.6 Å². The molecule has 17 heavy (non-hydrogen) atoms. The molecule has 1 heterocycles. The summed E-state index contributed by atoms with van der Waals surface area (Å²) in [6.07, 6.45) is 4.28. The summed E-state index contributed by atoms with van der Waals surface area (Å²) in [4.78, 5) is 10.7. The van der Waals surface area contributed by atoms with Crippen LogP contribution in [0.25, 0.3) is 0 Å². The highest BCUT2D eigenvalue weighted by molar-refractivity contribution is 5.81. The topological polar surface area (TPSA) is 54.0 Å². The number of hydrogen-bond acceptors (Lipinski definition) is 5. The van der Waals surface area contributed by atoms with Crippen molar-refractivity contribution >= 4 is 5.97 Å². The molecule has 5 heteroatoms. The molecule has 0 radical (unpaired) electrons. The summed E-state index contributed by atoms with van der Waals surface area (Å²) >= 11 is 0. The first-order chi connectivity index (χ1) is 8.33. The van der Waals surface area contributed by atoms with Gasteiger partial charge in [-0.15, -0.1) is 0 Å². The van der Waals surface area contributed by atoms with Gasteiger partial charge < -0.3 is 18.9 Å². The zero-order chi connectivity index (χ0) is 12.3. The van der Waals surface area contributed by atoms with Crippen LogP contribution >= 0.6 is 0 Å². The normalized spacial score (nSPS) is 19.9. The van der Waals surface area contributed by atoms with Gasteiger partial charge in [0.15, 0.2) is 6.29 Å². The number of hydrogen-bond donors (Lipinski definition) is 0. The Kier molecular flexibility index (Phi) is 7.62. The van der Waals surface area contributed by atoms with Gasteiger partial charge in [-0.3, -0.25) is 0 Å². The van der Waals surface area contributed by atoms with Crippen LogP contribution in [0.4, 0.5) is 0 Å². The minimum absolute atomic E-state index is 0.0778. The lowest BCUT2D eigenvalue weighted by Crippen LogP contribution is -2.24. The van der Waals surface area contributed by atoms with Crippen LogP contribution in [0.3, 0.4) is 0 Å². The molecule has 0 bridgehead atoms. The van der Waals surface area contributed by atoms with Crippen molar-refractivity contribution in [3.63, 3.8) is 0 Å². The molecule has 0 aromatic carbocycles. The highest BCUT2D eigenvalue weighted by atomic mass is 16.7. The van der Waals surface area contributed by atoms with Gasteiger partial charge in [-0.2, -0.15) is 0 Å². The highest BCUT2D eigenvalue weighted by Crippen LogP contribution is 2.13. The Balaban J connectivity index is 1.83. The third-order valence-electron chi connectivity index (χ3n) is 2.31. The maximum Gasteiger partial charge on any atom is 0.330 e. The minimum atomic E-state index is -0.430. The van der Waals surface area contributed by atoms with Crippen LogP contribution in [-0.4, -0.2) is 45.3 Å². The summed E-state index contributed by atoms with van der Waals surface area (Å²) in [5.74, 6) is -0.430. The van der Waals surface area contributed by atoms with Crippen LogP contribution in [0, 0.1) is 0 Å². The second-order valence-corrected chi connectivity index (χ2v) is 3.65. The molecule has 0 aromatic heterocycles. The fraction of sp³-hybridized carbons (Fsp3) is 0.750. The number of rotatable bonds is 8. The predicted octanol–water partition coefficient (Wildman–Crippen LogP) is 1.28. The Hall–Kier alpha value is -0.910. The average molecular weight is 244 g/mol. The van der Waals surface area contributed by atoms with E-state index in [9.17, 15) is 4.79 Å². The summed E-state index contributed by atoms with van der Waals surface area (Å²) in [7, 11) is 0. The van der Waals surface area contributed by atoms with Gasteiger partial charge in [0.1, 0.15) is 6.61 Å². The van der Waals surface area contributed by atoms with E-state index >= 15 is 0 Å². The molecule has 0 aliphatic carbocycles. The molecule has 1 saturated heterocycles. The van der Waals surface area contributed by atoms with Gasteiger partial charge in [0.2, 0.25) is 0 Å². The van der Waals surface area contributed by atoms with Gasteiger partial charge in [-0.25, -0.2) is 4.79 Å². The van der Waals surface area contributed by atoms with Gasteiger partial charge in [-0.05, 0) is 19.3 Å². The zero-order valence-corrected chi connectivity index (χ0v) is 10.1. The van der Waals surface area contributed by atoms with E-state index in [0.717, 1.165) is 31.9 Å². The maximum absolute atomic E-state index is 10.7. The number of carbonyl (C=O) groups is 1. The third kappa shape index (κ3) is 7.10. The molecule has 1 aliphatic heterocycles. The second-order valence-electron chi connectivity index (χ2n) is 3.65. The molecule has 1 fully saturated rings. The summed E-state index contributed by atoms with van der Waals surface area (Å²) in [6.45, 7) is 5.66. The first kappa shape index (κ1) is 14.2. The van der Waals surface area contributed by atoms with Crippen LogP contribution in [0.15, 0.2) is 12.7 Å². The molecule has 0 saturated carbocycles. The molecule has 0 aromatic rings. The Morgan fingerprint density at radius 2 is 2.12 bits per heavy atom. The van der Waals surface area contributed by atoms with Crippen LogP contribution in [0.2, 0.25) is 0 Å². The average Bonchev–Trinajstić information content (AvgIpc) is 2.38. The van der Waals surface area contributed by atoms with Crippen molar-refractivity contribution in [3.05, 3.63) is 12.7 Å². The zero-order valence-electron chi connectivity index (χ0n) is 10.1. The molecule has 1 atom stereocenters. The Bertz CT molecular complexity index is 223. The van der Waals surface area contributed by atoms with Gasteiger partial charge in [0.05, 0.1) is 19.8 Å². The highest BCUT2D eigenvalue weighted by Gasteiger charge is 2.13. The monoisotopic (exact) mass is 244 g/mol. The Morgan fingerprint density at radius 1 is 1.29 bits per heavy atom. The molecular formula is C12H20O5. The van der Waals surface area contributed by atoms with E-state index in [0.29, 0.717) is 19.8 Å². The van der Waals surface area contributed by atoms with Crippen molar-refractivity contribution < 1.29 is 23.7 Å². The minimum Gasteiger partial charge on any atom is -0.460 e. The number of esters is 1. The van der Waals surface area contributed by atoms with E-state index in [4.69, 9.17) is 18.9 Å². The van der Waals surface area contributed by atoms with E-state index in [-0.39, 0.29) is 12.9 Å². The van der Waals surface area contributed by atoms with E-state index in [1.54, 1.807) is 0 Å². The maximum atomic E-state index is 10.7. The fourth-order valence-corrected chi connectivity index (χ4v) is 1.44. The van der Waals surface area contributed by atoms with Gasteiger partial charge >= 0.3 is 5.97 Å². The molecule has 5 nitrogen and oxygen atoms in total. The molecular weight excluding hydrogens is 224 g/mol. The Labute approximate surface area is 102 Å². The Morgan fingerprint density at radius 3 is 2.82 bits per heavy atom. The molecule has 0 spiro atoms. The summed E-state index contributed by atoms with van der Waals surface area (Å²) in [6, 6.07) is 0. The summed E-state index contributed by atoms with van der Waals surface area (Å²) < 4.78 is 20.8. The van der Waals surface area contributed by atoms with E-state index in [1.165, 1.54) is 0 Å². The first-order valence-electron chi connectivity index (χ1n) is 5.93. The predicted molar refractivity (Wildman–Crippen MR) is 61.5 cm³/mol. The lowest BCUT2D eigenvalue weighted by molar-refractivity contribution is -0.169. The van der Waals surface area contributed by atoms with Gasteiger partial charge in [-0.1, -0.05) is 6.58 Å². The summed E-state index contributed by atoms with van der Waals surface area (Å²) in [5.41, 5.74) is 0. The van der Waals surface area contributed by atoms with E-state index < -0.39 is 5.97 Å². The summed E-state index contributed by atoms with van der Waals surface area (Å²) in [5, 5.41) is 0. The number of ether oxygens (including phenoxy) is 4. The van der Waals surface area contributed by atoms with E-state index in [2.05, 4.69) is 6.58 Å². The SMILES string of the molecule is C=CC(=O)OCCOCCOC1CCCCO1. The molecule has 0 amide bonds. The van der Waals surface area contributed by atoms with Crippen molar-refractivity contribution in [2.24, 2.45) is 0 Å². The van der Waals surface area contributed by atoms with Crippen LogP contribution < -0.4 is 0 Å². The van der Waals surface area contributed by atoms with Crippen LogP contribution in [-0.2, 0) is 23.7 Å². The molecule has 1 aliphatic rings. The smallest absolute Gasteiger partial charge is 0.330 e. The molecule has 1 rings (SSSR count). The van der Waals surface area contributed by atoms with Gasteiger partial charge in [0.25, 0.3) is 0 Å².